The molecule has 1 saturated heterocycles. The van der Waals surface area contributed by atoms with E-state index < -0.39 is 0 Å². The van der Waals surface area contributed by atoms with E-state index in [9.17, 15) is 4.79 Å². The summed E-state index contributed by atoms with van der Waals surface area (Å²) in [6, 6.07) is 7.96. The maximum atomic E-state index is 12.1. The molecule has 1 aliphatic rings. The third kappa shape index (κ3) is 3.07. The smallest absolute Gasteiger partial charge is 0.251 e. The van der Waals surface area contributed by atoms with Crippen molar-refractivity contribution in [2.45, 2.75) is 26.3 Å². The molecule has 0 aromatic heterocycles. The molecule has 0 bridgehead atoms. The number of carbonyl (C=O) groups excluding carboxylic acids is 1. The SMILES string of the molecule is Cc1ccccc1C(=O)NC1CNCC(C)C1. The van der Waals surface area contributed by atoms with Crippen LogP contribution in [0.25, 0.3) is 0 Å². The zero-order valence-corrected chi connectivity index (χ0v) is 10.5. The molecule has 0 radical (unpaired) electrons. The van der Waals surface area contributed by atoms with E-state index in [1.54, 1.807) is 0 Å². The van der Waals surface area contributed by atoms with Crippen LogP contribution in [-0.4, -0.2) is 25.0 Å². The van der Waals surface area contributed by atoms with Crippen LogP contribution in [0.5, 0.6) is 0 Å². The highest BCUT2D eigenvalue weighted by Crippen LogP contribution is 2.11. The monoisotopic (exact) mass is 232 g/mol. The predicted octanol–water partition coefficient (Wildman–Crippen LogP) is 1.72. The summed E-state index contributed by atoms with van der Waals surface area (Å²) in [5.41, 5.74) is 1.81. The first-order chi connectivity index (χ1) is 8.16. The highest BCUT2D eigenvalue weighted by molar-refractivity contribution is 5.95. The Morgan fingerprint density at radius 3 is 2.82 bits per heavy atom. The van der Waals surface area contributed by atoms with Gasteiger partial charge in [0.15, 0.2) is 0 Å². The summed E-state index contributed by atoms with van der Waals surface area (Å²) < 4.78 is 0. The van der Waals surface area contributed by atoms with Crippen molar-refractivity contribution in [3.05, 3.63) is 35.4 Å². The minimum atomic E-state index is 0.0454. The molecular weight excluding hydrogens is 212 g/mol. The summed E-state index contributed by atoms with van der Waals surface area (Å²) >= 11 is 0. The van der Waals surface area contributed by atoms with E-state index in [1.165, 1.54) is 0 Å². The van der Waals surface area contributed by atoms with Gasteiger partial charge in [-0.2, -0.15) is 0 Å². The second-order valence-corrected chi connectivity index (χ2v) is 4.98. The zero-order valence-electron chi connectivity index (χ0n) is 10.5. The van der Waals surface area contributed by atoms with Gasteiger partial charge in [-0.25, -0.2) is 0 Å². The second-order valence-electron chi connectivity index (χ2n) is 4.98. The van der Waals surface area contributed by atoms with Gasteiger partial charge in [0, 0.05) is 18.2 Å². The molecule has 1 amide bonds. The van der Waals surface area contributed by atoms with Crippen LogP contribution in [-0.2, 0) is 0 Å². The van der Waals surface area contributed by atoms with E-state index in [2.05, 4.69) is 17.6 Å². The fourth-order valence-corrected chi connectivity index (χ4v) is 2.36. The molecule has 1 aliphatic heterocycles. The van der Waals surface area contributed by atoms with Crippen LogP contribution in [0.2, 0.25) is 0 Å². The Labute approximate surface area is 103 Å². The van der Waals surface area contributed by atoms with E-state index in [0.29, 0.717) is 5.92 Å². The highest BCUT2D eigenvalue weighted by atomic mass is 16.1. The van der Waals surface area contributed by atoms with Gasteiger partial charge in [0.2, 0.25) is 0 Å². The van der Waals surface area contributed by atoms with Gasteiger partial charge in [0.05, 0.1) is 0 Å². The molecule has 1 aromatic rings. The normalized spacial score (nSPS) is 24.4. The third-order valence-electron chi connectivity index (χ3n) is 3.30. The number of carbonyl (C=O) groups is 1. The quantitative estimate of drug-likeness (QED) is 0.815. The Morgan fingerprint density at radius 1 is 1.35 bits per heavy atom. The van der Waals surface area contributed by atoms with Gasteiger partial charge in [-0.05, 0) is 37.4 Å². The number of rotatable bonds is 2. The maximum absolute atomic E-state index is 12.1. The van der Waals surface area contributed by atoms with Crippen molar-refractivity contribution < 1.29 is 4.79 Å². The first kappa shape index (κ1) is 12.1. The van der Waals surface area contributed by atoms with Crippen LogP contribution in [0.3, 0.4) is 0 Å². The first-order valence-corrected chi connectivity index (χ1v) is 6.24. The van der Waals surface area contributed by atoms with Crippen LogP contribution >= 0.6 is 0 Å². The molecule has 1 aromatic carbocycles. The molecule has 3 heteroatoms. The topological polar surface area (TPSA) is 41.1 Å². The third-order valence-corrected chi connectivity index (χ3v) is 3.30. The molecule has 17 heavy (non-hydrogen) atoms. The summed E-state index contributed by atoms with van der Waals surface area (Å²) in [4.78, 5) is 12.1. The molecule has 2 N–H and O–H groups in total. The van der Waals surface area contributed by atoms with Gasteiger partial charge >= 0.3 is 0 Å². The summed E-state index contributed by atoms with van der Waals surface area (Å²) in [6.07, 6.45) is 1.06. The van der Waals surface area contributed by atoms with Crippen molar-refractivity contribution in [1.29, 1.82) is 0 Å². The van der Waals surface area contributed by atoms with Gasteiger partial charge in [-0.3, -0.25) is 4.79 Å². The average Bonchev–Trinajstić information content (AvgIpc) is 2.29. The maximum Gasteiger partial charge on any atom is 0.251 e. The van der Waals surface area contributed by atoms with Crippen molar-refractivity contribution >= 4 is 5.91 Å². The van der Waals surface area contributed by atoms with Gasteiger partial charge < -0.3 is 10.6 Å². The van der Waals surface area contributed by atoms with Crippen molar-refractivity contribution in [3.63, 3.8) is 0 Å². The molecule has 2 unspecified atom stereocenters. The number of benzene rings is 1. The van der Waals surface area contributed by atoms with E-state index in [1.807, 2.05) is 31.2 Å². The Kier molecular flexibility index (Phi) is 3.79. The highest BCUT2D eigenvalue weighted by Gasteiger charge is 2.20. The van der Waals surface area contributed by atoms with Crippen LogP contribution in [0.1, 0.15) is 29.3 Å². The number of hydrogen-bond donors (Lipinski definition) is 2. The van der Waals surface area contributed by atoms with Gasteiger partial charge in [-0.15, -0.1) is 0 Å². The Hall–Kier alpha value is -1.35. The molecule has 1 heterocycles. The summed E-state index contributed by atoms with van der Waals surface area (Å²) in [5, 5.41) is 6.45. The molecule has 92 valence electrons. The minimum Gasteiger partial charge on any atom is -0.348 e. The summed E-state index contributed by atoms with van der Waals surface area (Å²) in [6.45, 7) is 6.11. The molecule has 2 rings (SSSR count). The molecule has 0 saturated carbocycles. The number of aryl methyl sites for hydroxylation is 1. The lowest BCUT2D eigenvalue weighted by Gasteiger charge is -2.28. The lowest BCUT2D eigenvalue weighted by atomic mass is 9.97. The minimum absolute atomic E-state index is 0.0454. The molecule has 1 fully saturated rings. The van der Waals surface area contributed by atoms with E-state index in [4.69, 9.17) is 0 Å². The van der Waals surface area contributed by atoms with Crippen LogP contribution < -0.4 is 10.6 Å². The Balaban J connectivity index is 1.99. The predicted molar refractivity (Wildman–Crippen MR) is 69.1 cm³/mol. The first-order valence-electron chi connectivity index (χ1n) is 6.24. The van der Waals surface area contributed by atoms with Gasteiger partial charge in [0.1, 0.15) is 0 Å². The lowest BCUT2D eigenvalue weighted by molar-refractivity contribution is 0.0925. The van der Waals surface area contributed by atoms with E-state index in [0.717, 1.165) is 30.6 Å². The fourth-order valence-electron chi connectivity index (χ4n) is 2.36. The second kappa shape index (κ2) is 5.32. The van der Waals surface area contributed by atoms with Gasteiger partial charge in [0.25, 0.3) is 5.91 Å². The molecule has 3 nitrogen and oxygen atoms in total. The Morgan fingerprint density at radius 2 is 2.12 bits per heavy atom. The summed E-state index contributed by atoms with van der Waals surface area (Å²) in [7, 11) is 0. The molecule has 2 atom stereocenters. The number of amides is 1. The zero-order chi connectivity index (χ0) is 12.3. The molecular formula is C14H20N2O. The van der Waals surface area contributed by atoms with Crippen LogP contribution in [0, 0.1) is 12.8 Å². The van der Waals surface area contributed by atoms with Gasteiger partial charge in [-0.1, -0.05) is 25.1 Å². The van der Waals surface area contributed by atoms with E-state index >= 15 is 0 Å². The average molecular weight is 232 g/mol. The van der Waals surface area contributed by atoms with Crippen molar-refractivity contribution in [2.75, 3.05) is 13.1 Å². The number of hydrogen-bond acceptors (Lipinski definition) is 2. The lowest BCUT2D eigenvalue weighted by Crippen LogP contribution is -2.48. The van der Waals surface area contributed by atoms with Crippen molar-refractivity contribution in [2.24, 2.45) is 5.92 Å². The number of nitrogens with one attached hydrogen (secondary N) is 2. The largest absolute Gasteiger partial charge is 0.348 e. The van der Waals surface area contributed by atoms with E-state index in [-0.39, 0.29) is 11.9 Å². The summed E-state index contributed by atoms with van der Waals surface area (Å²) in [5.74, 6) is 0.676. The Bertz CT molecular complexity index is 403. The van der Waals surface area contributed by atoms with Crippen LogP contribution in [0.15, 0.2) is 24.3 Å². The van der Waals surface area contributed by atoms with Crippen molar-refractivity contribution in [1.82, 2.24) is 10.6 Å². The number of piperidine rings is 1. The molecule has 0 aliphatic carbocycles. The van der Waals surface area contributed by atoms with Crippen molar-refractivity contribution in [3.8, 4) is 0 Å². The standard InChI is InChI=1S/C14H20N2O/c1-10-7-12(9-15-8-10)16-14(17)13-6-4-3-5-11(13)2/h3-6,10,12,15H,7-9H2,1-2H3,(H,16,17). The van der Waals surface area contributed by atoms with Crippen LogP contribution in [0.4, 0.5) is 0 Å². The molecule has 0 spiro atoms. The fraction of sp³-hybridized carbons (Fsp3) is 0.500.